The van der Waals surface area contributed by atoms with Crippen LogP contribution >= 0.6 is 0 Å². The molecule has 0 amide bonds. The van der Waals surface area contributed by atoms with Gasteiger partial charge < -0.3 is 12.2 Å². The van der Waals surface area contributed by atoms with Crippen molar-refractivity contribution in [1.82, 2.24) is 5.32 Å². The fourth-order valence-corrected chi connectivity index (χ4v) is 1.86. The number of unbranched alkanes of at least 4 members (excludes halogenated alkanes) is 9. The van der Waals surface area contributed by atoms with E-state index in [9.17, 15) is 0 Å². The molecule has 0 aliphatic heterocycles. The minimum atomic E-state index is 0. The predicted octanol–water partition coefficient (Wildman–Crippen LogP) is 1.33. The molecule has 1 N–H and O–H groups in total. The summed E-state index contributed by atoms with van der Waals surface area (Å²) in [5, 5.41) is 3.26. The van der Waals surface area contributed by atoms with E-state index in [1.165, 1.54) is 64.2 Å². The molecule has 2 heteroatoms. The molecule has 0 aromatic rings. The molecule has 0 spiro atoms. The zero-order valence-corrected chi connectivity index (χ0v) is 13.7. The molecule has 0 saturated heterocycles. The fraction of sp³-hybridized carbons (Fsp3) is 0.929. The third-order valence-corrected chi connectivity index (χ3v) is 2.88. The molecule has 16 heavy (non-hydrogen) atoms. The molecule has 0 radical (unpaired) electrons. The normalized spacial score (nSPS) is 10.1. The Kier molecular flexibility index (Phi) is 22.1. The van der Waals surface area contributed by atoms with Gasteiger partial charge in [-0.25, -0.2) is 0 Å². The van der Waals surface area contributed by atoms with Crippen LogP contribution in [-0.2, 0) is 0 Å². The van der Waals surface area contributed by atoms with Crippen LogP contribution in [0.5, 0.6) is 0 Å². The molecule has 92 valence electrons. The predicted molar refractivity (Wildman–Crippen MR) is 70.1 cm³/mol. The zero-order valence-electron chi connectivity index (χ0n) is 11.7. The minimum absolute atomic E-state index is 0. The Morgan fingerprint density at radius 1 is 0.750 bits per heavy atom. The molecule has 0 saturated carbocycles. The van der Waals surface area contributed by atoms with Crippen molar-refractivity contribution in [2.24, 2.45) is 0 Å². The second-order valence-corrected chi connectivity index (χ2v) is 4.43. The molecular weight excluding hydrogens is 205 g/mol. The van der Waals surface area contributed by atoms with E-state index in [-0.39, 0.29) is 29.6 Å². The van der Waals surface area contributed by atoms with Crippen molar-refractivity contribution >= 4 is 0 Å². The zero-order chi connectivity index (χ0) is 11.2. The molecule has 0 aliphatic rings. The Hall–Kier alpha value is 0.960. The largest absolute Gasteiger partial charge is 1.00 e. The van der Waals surface area contributed by atoms with Gasteiger partial charge in [-0.1, -0.05) is 64.7 Å². The van der Waals surface area contributed by atoms with Gasteiger partial charge in [0.15, 0.2) is 0 Å². The van der Waals surface area contributed by atoms with Crippen LogP contribution in [0.15, 0.2) is 0 Å². The van der Waals surface area contributed by atoms with Crippen LogP contribution in [0, 0.1) is 6.92 Å². The van der Waals surface area contributed by atoms with Gasteiger partial charge in [-0.05, 0) is 13.0 Å². The first-order chi connectivity index (χ1) is 7.41. The van der Waals surface area contributed by atoms with Crippen LogP contribution in [-0.4, -0.2) is 13.1 Å². The first-order valence-electron chi connectivity index (χ1n) is 6.91. The molecule has 0 atom stereocenters. The van der Waals surface area contributed by atoms with Crippen LogP contribution in [0.4, 0.5) is 0 Å². The molecule has 0 aromatic heterocycles. The van der Waals surface area contributed by atoms with Crippen LogP contribution in [0.1, 0.15) is 71.1 Å². The van der Waals surface area contributed by atoms with Gasteiger partial charge in [-0.2, -0.15) is 0 Å². The van der Waals surface area contributed by atoms with Gasteiger partial charge in [0, 0.05) is 0 Å². The third-order valence-electron chi connectivity index (χ3n) is 2.88. The van der Waals surface area contributed by atoms with Crippen molar-refractivity contribution in [3.8, 4) is 0 Å². The number of rotatable bonds is 12. The fourth-order valence-electron chi connectivity index (χ4n) is 1.86. The van der Waals surface area contributed by atoms with E-state index in [0.717, 1.165) is 13.1 Å². The monoisotopic (exact) mass is 235 g/mol. The molecule has 0 unspecified atom stereocenters. The van der Waals surface area contributed by atoms with Gasteiger partial charge in [0.05, 0.1) is 0 Å². The maximum Gasteiger partial charge on any atom is 1.00 e. The van der Waals surface area contributed by atoms with Crippen molar-refractivity contribution in [1.29, 1.82) is 0 Å². The third kappa shape index (κ3) is 17.4. The van der Waals surface area contributed by atoms with Gasteiger partial charge in [-0.15, -0.1) is 6.54 Å². The molecule has 0 aromatic carbocycles. The van der Waals surface area contributed by atoms with Crippen molar-refractivity contribution in [2.75, 3.05) is 13.1 Å². The van der Waals surface area contributed by atoms with E-state index in [0.29, 0.717) is 0 Å². The summed E-state index contributed by atoms with van der Waals surface area (Å²) >= 11 is 0. The molecular formula is C14H30NNa. The van der Waals surface area contributed by atoms with E-state index < -0.39 is 0 Å². The summed E-state index contributed by atoms with van der Waals surface area (Å²) < 4.78 is 0. The van der Waals surface area contributed by atoms with E-state index in [4.69, 9.17) is 0 Å². The van der Waals surface area contributed by atoms with Crippen molar-refractivity contribution in [3.05, 3.63) is 6.92 Å². The summed E-state index contributed by atoms with van der Waals surface area (Å²) in [4.78, 5) is 0. The second-order valence-electron chi connectivity index (χ2n) is 4.43. The summed E-state index contributed by atoms with van der Waals surface area (Å²) in [6, 6.07) is 0. The van der Waals surface area contributed by atoms with Gasteiger partial charge in [0.2, 0.25) is 0 Å². The average molecular weight is 235 g/mol. The molecule has 0 fully saturated rings. The summed E-state index contributed by atoms with van der Waals surface area (Å²) in [5.41, 5.74) is 0. The maximum atomic E-state index is 3.76. The summed E-state index contributed by atoms with van der Waals surface area (Å²) in [6.45, 7) is 8.06. The van der Waals surface area contributed by atoms with Crippen molar-refractivity contribution < 1.29 is 29.6 Å². The van der Waals surface area contributed by atoms with Crippen LogP contribution in [0.3, 0.4) is 0 Å². The Bertz CT molecular complexity index is 94.9. The average Bonchev–Trinajstić information content (AvgIpc) is 2.26. The topological polar surface area (TPSA) is 12.0 Å². The van der Waals surface area contributed by atoms with Crippen molar-refractivity contribution in [3.63, 3.8) is 0 Å². The minimum Gasteiger partial charge on any atom is -0.346 e. The Morgan fingerprint density at radius 3 is 1.62 bits per heavy atom. The van der Waals surface area contributed by atoms with Gasteiger partial charge in [0.1, 0.15) is 0 Å². The summed E-state index contributed by atoms with van der Waals surface area (Å²) in [5.74, 6) is 0. The van der Waals surface area contributed by atoms with Gasteiger partial charge in [0.25, 0.3) is 0 Å². The summed E-state index contributed by atoms with van der Waals surface area (Å²) in [6.07, 6.45) is 14.2. The molecule has 0 bridgehead atoms. The van der Waals surface area contributed by atoms with Crippen LogP contribution < -0.4 is 34.9 Å². The van der Waals surface area contributed by atoms with Gasteiger partial charge >= 0.3 is 29.6 Å². The molecule has 1 nitrogen and oxygen atoms in total. The smallest absolute Gasteiger partial charge is 0.346 e. The Morgan fingerprint density at radius 2 is 1.19 bits per heavy atom. The maximum absolute atomic E-state index is 3.76. The molecule has 0 aliphatic carbocycles. The summed E-state index contributed by atoms with van der Waals surface area (Å²) in [7, 11) is 0. The SMILES string of the molecule is [CH2-]CNCCCCCCCCCCCC.[Na+]. The van der Waals surface area contributed by atoms with E-state index in [1.54, 1.807) is 0 Å². The Labute approximate surface area is 125 Å². The van der Waals surface area contributed by atoms with Crippen LogP contribution in [0.2, 0.25) is 0 Å². The quantitative estimate of drug-likeness (QED) is 0.306. The molecule has 0 rings (SSSR count). The number of hydrogen-bond acceptors (Lipinski definition) is 1. The van der Waals surface area contributed by atoms with E-state index in [2.05, 4.69) is 19.2 Å². The van der Waals surface area contributed by atoms with E-state index in [1.807, 2.05) is 0 Å². The van der Waals surface area contributed by atoms with Crippen molar-refractivity contribution in [2.45, 2.75) is 71.1 Å². The van der Waals surface area contributed by atoms with Crippen LogP contribution in [0.25, 0.3) is 0 Å². The number of hydrogen-bond donors (Lipinski definition) is 1. The molecule has 0 heterocycles. The standard InChI is InChI=1S/C14H30N.Na/c1-3-5-6-7-8-9-10-11-12-13-14-15-4-2;/h15H,2-14H2,1H3;/q-1;+1. The first-order valence-corrected chi connectivity index (χ1v) is 6.91. The Balaban J connectivity index is 0. The number of nitrogens with one attached hydrogen (secondary N) is 1. The second kappa shape index (κ2) is 18.3. The van der Waals surface area contributed by atoms with E-state index >= 15 is 0 Å². The van der Waals surface area contributed by atoms with Gasteiger partial charge in [-0.3, -0.25) is 0 Å². The first kappa shape index (κ1) is 19.3.